The number of benzene rings is 2. The number of nitrogens with one attached hydrogen (secondary N) is 1. The zero-order valence-electron chi connectivity index (χ0n) is 14.8. The molecule has 1 amide bonds. The second-order valence-corrected chi connectivity index (χ2v) is 6.09. The predicted molar refractivity (Wildman–Crippen MR) is 98.3 cm³/mol. The van der Waals surface area contributed by atoms with Crippen LogP contribution in [-0.4, -0.2) is 35.3 Å². The minimum absolute atomic E-state index is 0.0439. The minimum atomic E-state index is -4.63. The molecule has 3 rings (SSSR count). The molecule has 0 aliphatic carbocycles. The summed E-state index contributed by atoms with van der Waals surface area (Å²) in [6, 6.07) is 10.3. The Morgan fingerprint density at radius 2 is 1.86 bits per heavy atom. The van der Waals surface area contributed by atoms with Crippen molar-refractivity contribution in [3.05, 3.63) is 71.8 Å². The van der Waals surface area contributed by atoms with Crippen molar-refractivity contribution >= 4 is 17.6 Å². The number of hydrogen-bond acceptors (Lipinski definition) is 4. The van der Waals surface area contributed by atoms with Crippen LogP contribution in [0.25, 0.3) is 0 Å². The maximum Gasteiger partial charge on any atom is 0.416 e. The van der Waals surface area contributed by atoms with E-state index < -0.39 is 29.7 Å². The second kappa shape index (κ2) is 8.17. The molecule has 0 saturated heterocycles. The van der Waals surface area contributed by atoms with Crippen LogP contribution < -0.4 is 10.1 Å². The van der Waals surface area contributed by atoms with Gasteiger partial charge in [-0.1, -0.05) is 24.3 Å². The molecule has 29 heavy (non-hydrogen) atoms. The van der Waals surface area contributed by atoms with E-state index >= 15 is 0 Å². The molecular weight excluding hydrogens is 389 g/mol. The Hall–Kier alpha value is -3.62. The van der Waals surface area contributed by atoms with Crippen LogP contribution in [0.4, 0.5) is 13.2 Å². The molecule has 6 nitrogen and oxygen atoms in total. The number of dihydropyridines is 1. The number of aliphatic carboxylic acids is 1. The maximum atomic E-state index is 13.1. The third-order valence-electron chi connectivity index (χ3n) is 4.00. The first-order chi connectivity index (χ1) is 13.7. The van der Waals surface area contributed by atoms with Gasteiger partial charge in [-0.25, -0.2) is 4.79 Å². The van der Waals surface area contributed by atoms with Crippen molar-refractivity contribution in [2.45, 2.75) is 12.2 Å². The number of carbonyl (C=O) groups excluding carboxylic acids is 1. The molecule has 0 aromatic heterocycles. The lowest BCUT2D eigenvalue weighted by atomic mass is 10.1. The molecule has 1 heterocycles. The quantitative estimate of drug-likeness (QED) is 0.796. The Kier molecular flexibility index (Phi) is 5.67. The zero-order chi connectivity index (χ0) is 21.0. The van der Waals surface area contributed by atoms with Crippen LogP contribution >= 0.6 is 0 Å². The number of alkyl halides is 3. The number of hydrogen-bond donors (Lipinski definition) is 2. The normalized spacial score (nSPS) is 16.1. The summed E-state index contributed by atoms with van der Waals surface area (Å²) in [5, 5.41) is 11.4. The van der Waals surface area contributed by atoms with Gasteiger partial charge in [0.1, 0.15) is 17.2 Å². The molecule has 0 fully saturated rings. The number of carbonyl (C=O) groups is 2. The van der Waals surface area contributed by atoms with Crippen LogP contribution in [0.2, 0.25) is 0 Å². The van der Waals surface area contributed by atoms with Gasteiger partial charge in [0.15, 0.2) is 0 Å². The Labute approximate surface area is 163 Å². The number of para-hydroxylation sites is 1. The molecule has 1 atom stereocenters. The second-order valence-electron chi connectivity index (χ2n) is 6.09. The minimum Gasteiger partial charge on any atom is -0.477 e. The fourth-order valence-corrected chi connectivity index (χ4v) is 2.58. The topological polar surface area (TPSA) is 88.0 Å². The Bertz CT molecular complexity index is 985. The predicted octanol–water partition coefficient (Wildman–Crippen LogP) is 3.69. The van der Waals surface area contributed by atoms with E-state index in [4.69, 9.17) is 9.84 Å². The third-order valence-corrected chi connectivity index (χ3v) is 4.00. The molecular formula is C20H15F3N2O4. The molecule has 2 aromatic rings. The summed E-state index contributed by atoms with van der Waals surface area (Å²) >= 11 is 0. The average Bonchev–Trinajstić information content (AvgIpc) is 2.68. The summed E-state index contributed by atoms with van der Waals surface area (Å²) in [5.74, 6) is -1.70. The summed E-state index contributed by atoms with van der Waals surface area (Å²) in [5.41, 5.74) is -1.46. The highest BCUT2D eigenvalue weighted by Crippen LogP contribution is 2.34. The maximum absolute atomic E-state index is 13.1. The van der Waals surface area contributed by atoms with Gasteiger partial charge in [0.05, 0.1) is 23.7 Å². The van der Waals surface area contributed by atoms with E-state index in [1.54, 1.807) is 30.3 Å². The van der Waals surface area contributed by atoms with Crippen molar-refractivity contribution in [3.8, 4) is 11.5 Å². The van der Waals surface area contributed by atoms with Crippen LogP contribution in [-0.2, 0) is 11.0 Å². The van der Waals surface area contributed by atoms with Gasteiger partial charge in [-0.05, 0) is 36.4 Å². The number of carboxylic acid groups (broad SMARTS) is 1. The van der Waals surface area contributed by atoms with E-state index in [9.17, 15) is 22.8 Å². The molecule has 2 aromatic carbocycles. The van der Waals surface area contributed by atoms with Crippen LogP contribution in [0.3, 0.4) is 0 Å². The number of nitrogens with zero attached hydrogens (tertiary/aromatic N) is 1. The highest BCUT2D eigenvalue weighted by Gasteiger charge is 2.32. The van der Waals surface area contributed by atoms with Gasteiger partial charge >= 0.3 is 12.1 Å². The molecule has 1 aliphatic heterocycles. The molecule has 1 aliphatic rings. The van der Waals surface area contributed by atoms with Gasteiger partial charge in [-0.3, -0.25) is 9.79 Å². The molecule has 150 valence electrons. The van der Waals surface area contributed by atoms with Gasteiger partial charge < -0.3 is 15.2 Å². The van der Waals surface area contributed by atoms with Crippen LogP contribution in [0.15, 0.2) is 65.7 Å². The first kappa shape index (κ1) is 20.1. The number of ether oxygens (including phenoxy) is 1. The Morgan fingerprint density at radius 3 is 2.45 bits per heavy atom. The number of carboxylic acids is 1. The molecule has 1 unspecified atom stereocenters. The monoisotopic (exact) mass is 404 g/mol. The van der Waals surface area contributed by atoms with Crippen LogP contribution in [0.1, 0.15) is 15.9 Å². The number of aliphatic imine (C=N–C) groups is 1. The molecule has 0 spiro atoms. The van der Waals surface area contributed by atoms with E-state index in [1.165, 1.54) is 12.2 Å². The van der Waals surface area contributed by atoms with E-state index in [2.05, 4.69) is 10.3 Å². The average molecular weight is 404 g/mol. The SMILES string of the molecule is O=C(O)C1=NCC(NC(=O)c2cc(C(F)(F)F)ccc2Oc2ccccc2)C=C1. The van der Waals surface area contributed by atoms with E-state index in [0.29, 0.717) is 11.8 Å². The Balaban J connectivity index is 1.86. The number of halogens is 3. The highest BCUT2D eigenvalue weighted by molar-refractivity contribution is 6.40. The lowest BCUT2D eigenvalue weighted by Gasteiger charge is -2.18. The van der Waals surface area contributed by atoms with E-state index in [-0.39, 0.29) is 23.6 Å². The first-order valence-corrected chi connectivity index (χ1v) is 8.45. The Morgan fingerprint density at radius 1 is 1.14 bits per heavy atom. The van der Waals surface area contributed by atoms with E-state index in [1.807, 2.05) is 0 Å². The van der Waals surface area contributed by atoms with Crippen LogP contribution in [0.5, 0.6) is 11.5 Å². The van der Waals surface area contributed by atoms with Gasteiger partial charge in [0, 0.05) is 0 Å². The van der Waals surface area contributed by atoms with Crippen molar-refractivity contribution in [1.29, 1.82) is 0 Å². The molecule has 0 saturated carbocycles. The lowest BCUT2D eigenvalue weighted by molar-refractivity contribution is -0.137. The third kappa shape index (κ3) is 5.01. The van der Waals surface area contributed by atoms with Crippen molar-refractivity contribution in [3.63, 3.8) is 0 Å². The summed E-state index contributed by atoms with van der Waals surface area (Å²) in [6.07, 6.45) is -1.99. The molecule has 0 radical (unpaired) electrons. The van der Waals surface area contributed by atoms with Gasteiger partial charge in [0.2, 0.25) is 0 Å². The summed E-state index contributed by atoms with van der Waals surface area (Å²) in [6.45, 7) is -0.0439. The fourth-order valence-electron chi connectivity index (χ4n) is 2.58. The largest absolute Gasteiger partial charge is 0.477 e. The highest BCUT2D eigenvalue weighted by atomic mass is 19.4. The van der Waals surface area contributed by atoms with Crippen LogP contribution in [0, 0.1) is 0 Å². The summed E-state index contributed by atoms with van der Waals surface area (Å²) < 4.78 is 44.9. The first-order valence-electron chi connectivity index (χ1n) is 8.45. The molecule has 9 heteroatoms. The van der Waals surface area contributed by atoms with Gasteiger partial charge in [-0.2, -0.15) is 13.2 Å². The fraction of sp³-hybridized carbons (Fsp3) is 0.150. The van der Waals surface area contributed by atoms with Gasteiger partial charge in [-0.15, -0.1) is 0 Å². The van der Waals surface area contributed by atoms with Crippen molar-refractivity contribution in [1.82, 2.24) is 5.32 Å². The van der Waals surface area contributed by atoms with Crippen molar-refractivity contribution in [2.75, 3.05) is 6.54 Å². The van der Waals surface area contributed by atoms with Crippen molar-refractivity contribution in [2.24, 2.45) is 4.99 Å². The van der Waals surface area contributed by atoms with Crippen molar-refractivity contribution < 1.29 is 32.6 Å². The standard InChI is InChI=1S/C20H15F3N2O4/c21-20(22,23)12-6-9-17(29-14-4-2-1-3-5-14)15(10-12)18(26)25-13-7-8-16(19(27)28)24-11-13/h1-10,13H,11H2,(H,25,26)(H,27,28). The van der Waals surface area contributed by atoms with E-state index in [0.717, 1.165) is 12.1 Å². The number of rotatable bonds is 5. The summed E-state index contributed by atoms with van der Waals surface area (Å²) in [7, 11) is 0. The zero-order valence-corrected chi connectivity index (χ0v) is 14.8. The number of amides is 1. The lowest BCUT2D eigenvalue weighted by Crippen LogP contribution is -2.38. The smallest absolute Gasteiger partial charge is 0.416 e. The molecule has 2 N–H and O–H groups in total. The molecule has 0 bridgehead atoms. The summed E-state index contributed by atoms with van der Waals surface area (Å²) in [4.78, 5) is 27.3. The van der Waals surface area contributed by atoms with Gasteiger partial charge in [0.25, 0.3) is 5.91 Å².